The summed E-state index contributed by atoms with van der Waals surface area (Å²) in [7, 11) is 5.68. The van der Waals surface area contributed by atoms with Crippen molar-refractivity contribution in [1.82, 2.24) is 0 Å². The van der Waals surface area contributed by atoms with E-state index in [1.165, 1.54) is 5.97 Å². The van der Waals surface area contributed by atoms with Gasteiger partial charge in [-0.2, -0.15) is 0 Å². The van der Waals surface area contributed by atoms with Crippen LogP contribution in [0.3, 0.4) is 0 Å². The average molecular weight is 302 g/mol. The molecule has 0 aromatic heterocycles. The summed E-state index contributed by atoms with van der Waals surface area (Å²) >= 11 is 0. The topological polar surface area (TPSA) is 50.7 Å². The summed E-state index contributed by atoms with van der Waals surface area (Å²) in [5.41, 5.74) is 11.8. The Morgan fingerprint density at radius 3 is 2.22 bits per heavy atom. The fourth-order valence-electron chi connectivity index (χ4n) is 2.25. The molecule has 0 fully saturated rings. The van der Waals surface area contributed by atoms with Gasteiger partial charge in [0.15, 0.2) is 0 Å². The fourth-order valence-corrected chi connectivity index (χ4v) is 2.25. The molecular formula is C18H22B2N3. The molecule has 0 saturated heterocycles. The predicted molar refractivity (Wildman–Crippen MR) is 106 cm³/mol. The summed E-state index contributed by atoms with van der Waals surface area (Å²) in [5, 5.41) is 8.65. The second-order valence-corrected chi connectivity index (χ2v) is 4.75. The summed E-state index contributed by atoms with van der Waals surface area (Å²) in [6, 6.07) is 9.57. The van der Waals surface area contributed by atoms with Gasteiger partial charge >= 0.3 is 126 Å². The molecule has 1 radical (unpaired) electrons. The number of benzene rings is 2. The minimum atomic E-state index is 0.656. The van der Waals surface area contributed by atoms with Gasteiger partial charge in [0, 0.05) is 0 Å². The first kappa shape index (κ1) is 18.8. The monoisotopic (exact) mass is 302 g/mol. The molecule has 0 atom stereocenters. The molecular weight excluding hydrogens is 280 g/mol. The van der Waals surface area contributed by atoms with Crippen LogP contribution in [0.5, 0.6) is 0 Å². The van der Waals surface area contributed by atoms with E-state index in [1.807, 2.05) is 58.0 Å². The van der Waals surface area contributed by atoms with E-state index in [9.17, 15) is 0 Å². The molecule has 0 bridgehead atoms. The van der Waals surface area contributed by atoms with Gasteiger partial charge in [-0.25, -0.2) is 0 Å². The number of hydrogen-bond donors (Lipinski definition) is 1. The number of nitrogens with zero attached hydrogens (tertiary/aromatic N) is 2. The molecule has 2 N–H and O–H groups in total. The molecule has 0 amide bonds. The van der Waals surface area contributed by atoms with Crippen molar-refractivity contribution in [2.75, 3.05) is 5.73 Å². The first-order valence-corrected chi connectivity index (χ1v) is 7.67. The molecule has 2 rings (SSSR count). The molecule has 0 unspecified atom stereocenters. The number of rotatable bonds is 4. The van der Waals surface area contributed by atoms with Crippen molar-refractivity contribution < 1.29 is 0 Å². The number of nitrogen functional groups attached to an aromatic ring is 1. The molecule has 2 aromatic rings. The van der Waals surface area contributed by atoms with E-state index in [0.717, 1.165) is 33.5 Å². The van der Waals surface area contributed by atoms with Gasteiger partial charge in [0.25, 0.3) is 0 Å². The Morgan fingerprint density at radius 1 is 1.09 bits per heavy atom. The zero-order chi connectivity index (χ0) is 17.4. The molecule has 23 heavy (non-hydrogen) atoms. The predicted octanol–water partition coefficient (Wildman–Crippen LogP) is 3.41. The van der Waals surface area contributed by atoms with E-state index in [-0.39, 0.29) is 0 Å². The van der Waals surface area contributed by atoms with Crippen LogP contribution >= 0.6 is 0 Å². The summed E-state index contributed by atoms with van der Waals surface area (Å²) in [6.07, 6.45) is 0. The van der Waals surface area contributed by atoms with Crippen LogP contribution in [0.2, 0.25) is 0 Å². The van der Waals surface area contributed by atoms with Gasteiger partial charge in [-0.1, -0.05) is 13.8 Å². The Bertz CT molecular complexity index is 723. The Balaban J connectivity index is 0.00000127. The number of anilines is 1. The normalized spacial score (nSPS) is 9.87. The first-order chi connectivity index (χ1) is 11.1. The molecule has 0 aliphatic heterocycles. The Hall–Kier alpha value is -2.29. The standard InChI is InChI=1S/C16H16B2N3.C2H6/c1-10-13(9-17)15(19)11(2)14(18-3)16(10)21-20-12-7-5-4-6-8-12;1-2/h4-9H,3,19H2,1-2H3;1-2H3. The van der Waals surface area contributed by atoms with E-state index >= 15 is 0 Å². The molecule has 0 aliphatic rings. The molecule has 0 saturated carbocycles. The molecule has 0 spiro atoms. The Labute approximate surface area is 140 Å². The molecule has 3 nitrogen and oxygen atoms in total. The van der Waals surface area contributed by atoms with Crippen LogP contribution in [0.15, 0.2) is 40.6 Å². The van der Waals surface area contributed by atoms with Crippen LogP contribution in [-0.4, -0.2) is 26.8 Å². The maximum absolute atomic E-state index is 6.12. The van der Waals surface area contributed by atoms with Crippen LogP contribution in [0, 0.1) is 13.8 Å². The zero-order valence-electron chi connectivity index (χ0n) is 14.3. The Morgan fingerprint density at radius 2 is 1.70 bits per heavy atom. The van der Waals surface area contributed by atoms with Crippen molar-refractivity contribution in [2.24, 2.45) is 10.2 Å². The summed E-state index contributed by atoms with van der Waals surface area (Å²) in [4.78, 5) is 0. The number of hydrogen-bond acceptors (Lipinski definition) is 3. The van der Waals surface area contributed by atoms with Crippen LogP contribution in [0.1, 0.15) is 30.5 Å². The van der Waals surface area contributed by atoms with E-state index in [2.05, 4.69) is 16.7 Å². The van der Waals surface area contributed by atoms with Gasteiger partial charge in [-0.15, -0.1) is 0 Å². The van der Waals surface area contributed by atoms with Crippen molar-refractivity contribution in [2.45, 2.75) is 27.7 Å². The average Bonchev–Trinajstić information content (AvgIpc) is 2.60. The van der Waals surface area contributed by atoms with Crippen molar-refractivity contribution in [3.8, 4) is 0 Å². The van der Waals surface area contributed by atoms with Gasteiger partial charge in [0.2, 0.25) is 0 Å². The molecule has 0 aliphatic carbocycles. The van der Waals surface area contributed by atoms with Crippen LogP contribution in [0.25, 0.3) is 0 Å². The minimum absolute atomic E-state index is 0.656. The summed E-state index contributed by atoms with van der Waals surface area (Å²) < 4.78 is 0. The Kier molecular flexibility index (Phi) is 7.33. The van der Waals surface area contributed by atoms with Gasteiger partial charge in [0.1, 0.15) is 0 Å². The second-order valence-electron chi connectivity index (χ2n) is 4.75. The quantitative estimate of drug-likeness (QED) is 0.525. The molecule has 5 heteroatoms. The SMILES string of the molecule is CC.[B]=Cc1c(C)c(N=Nc2ccccc2)c(B=C)c(C)c1N. The van der Waals surface area contributed by atoms with Crippen molar-refractivity contribution in [3.63, 3.8) is 0 Å². The van der Waals surface area contributed by atoms with Gasteiger partial charge in [-0.05, 0) is 0 Å². The third-order valence-corrected chi connectivity index (χ3v) is 3.50. The van der Waals surface area contributed by atoms with E-state index in [0.29, 0.717) is 5.69 Å². The summed E-state index contributed by atoms with van der Waals surface area (Å²) in [6.45, 7) is 13.5. The zero-order valence-corrected chi connectivity index (χ0v) is 14.3. The van der Waals surface area contributed by atoms with Crippen molar-refractivity contribution in [3.05, 3.63) is 47.0 Å². The van der Waals surface area contributed by atoms with Crippen LogP contribution < -0.4 is 11.2 Å². The number of nitrogens with two attached hydrogens (primary N) is 1. The van der Waals surface area contributed by atoms with Crippen LogP contribution in [0.4, 0.5) is 17.1 Å². The van der Waals surface area contributed by atoms with Gasteiger partial charge in [0.05, 0.1) is 0 Å². The van der Waals surface area contributed by atoms with Crippen molar-refractivity contribution in [1.29, 1.82) is 0 Å². The maximum atomic E-state index is 6.12. The first-order valence-electron chi connectivity index (χ1n) is 7.67. The molecule has 0 heterocycles. The van der Waals surface area contributed by atoms with Crippen LogP contribution in [-0.2, 0) is 0 Å². The third-order valence-electron chi connectivity index (χ3n) is 3.50. The van der Waals surface area contributed by atoms with E-state index in [1.54, 1.807) is 6.92 Å². The molecule has 2 aromatic carbocycles. The van der Waals surface area contributed by atoms with E-state index in [4.69, 9.17) is 13.2 Å². The third kappa shape index (κ3) is 4.13. The molecule has 115 valence electrons. The second kappa shape index (κ2) is 8.99. The summed E-state index contributed by atoms with van der Waals surface area (Å²) in [5.74, 6) is 1.51. The van der Waals surface area contributed by atoms with E-state index < -0.39 is 0 Å². The van der Waals surface area contributed by atoms with Gasteiger partial charge in [-0.3, -0.25) is 0 Å². The fraction of sp³-hybridized carbons (Fsp3) is 0.222. The van der Waals surface area contributed by atoms with Crippen molar-refractivity contribution >= 4 is 49.4 Å². The van der Waals surface area contributed by atoms with Gasteiger partial charge < -0.3 is 0 Å². The number of azo groups is 1.